The lowest BCUT2D eigenvalue weighted by Gasteiger charge is -2.24. The van der Waals surface area contributed by atoms with Gasteiger partial charge >= 0.3 is 6.18 Å². The van der Waals surface area contributed by atoms with Crippen LogP contribution in [0.25, 0.3) is 0 Å². The highest BCUT2D eigenvalue weighted by atomic mass is 35.5. The molecule has 0 bridgehead atoms. The summed E-state index contributed by atoms with van der Waals surface area (Å²) in [4.78, 5) is 11.2. The van der Waals surface area contributed by atoms with Gasteiger partial charge in [-0.25, -0.2) is 0 Å². The van der Waals surface area contributed by atoms with Gasteiger partial charge in [-0.15, -0.1) is 12.4 Å². The number of hydrogen-bond acceptors (Lipinski definition) is 2. The maximum absolute atomic E-state index is 12.8. The van der Waals surface area contributed by atoms with Crippen molar-refractivity contribution in [2.24, 2.45) is 5.73 Å². The molecule has 0 radical (unpaired) electrons. The first-order chi connectivity index (χ1) is 8.88. The molecule has 0 aromatic heterocycles. The molecule has 1 fully saturated rings. The van der Waals surface area contributed by atoms with E-state index >= 15 is 0 Å². The monoisotopic (exact) mass is 308 g/mol. The zero-order valence-electron chi connectivity index (χ0n) is 10.7. The fourth-order valence-corrected chi connectivity index (χ4v) is 2.35. The summed E-state index contributed by atoms with van der Waals surface area (Å²) in [6.45, 7) is 1.54. The van der Waals surface area contributed by atoms with E-state index < -0.39 is 17.6 Å². The summed E-state index contributed by atoms with van der Waals surface area (Å²) in [5, 5.41) is 3.15. The van der Waals surface area contributed by atoms with Crippen LogP contribution >= 0.6 is 12.4 Å². The van der Waals surface area contributed by atoms with E-state index in [2.05, 4.69) is 5.32 Å². The first kappa shape index (κ1) is 16.8. The quantitative estimate of drug-likeness (QED) is 0.882. The van der Waals surface area contributed by atoms with Gasteiger partial charge in [0.25, 0.3) is 0 Å². The second-order valence-corrected chi connectivity index (χ2v) is 4.73. The fourth-order valence-electron chi connectivity index (χ4n) is 2.35. The van der Waals surface area contributed by atoms with Gasteiger partial charge in [0, 0.05) is 5.56 Å². The molecule has 1 aromatic rings. The largest absolute Gasteiger partial charge is 0.416 e. The number of rotatable bonds is 2. The molecule has 3 N–H and O–H groups in total. The van der Waals surface area contributed by atoms with Crippen molar-refractivity contribution < 1.29 is 18.0 Å². The number of piperidine rings is 1. The summed E-state index contributed by atoms with van der Waals surface area (Å²) in [5.41, 5.74) is 4.76. The van der Waals surface area contributed by atoms with Crippen molar-refractivity contribution in [3.8, 4) is 0 Å². The number of primary amides is 1. The van der Waals surface area contributed by atoms with E-state index in [9.17, 15) is 18.0 Å². The number of alkyl halides is 3. The Hall–Kier alpha value is -1.27. The molecule has 3 nitrogen and oxygen atoms in total. The van der Waals surface area contributed by atoms with Crippen molar-refractivity contribution >= 4 is 18.3 Å². The number of benzene rings is 1. The molecular formula is C13H16ClF3N2O. The van der Waals surface area contributed by atoms with Gasteiger partial charge in [-0.05, 0) is 55.6 Å². The van der Waals surface area contributed by atoms with Gasteiger partial charge in [0.05, 0.1) is 5.56 Å². The Morgan fingerprint density at radius 3 is 2.30 bits per heavy atom. The van der Waals surface area contributed by atoms with Gasteiger partial charge < -0.3 is 11.1 Å². The third kappa shape index (κ3) is 3.86. The van der Waals surface area contributed by atoms with Crippen molar-refractivity contribution in [2.75, 3.05) is 13.1 Å². The van der Waals surface area contributed by atoms with E-state index in [0.29, 0.717) is 5.56 Å². The molecule has 1 amide bonds. The summed E-state index contributed by atoms with van der Waals surface area (Å²) in [5.74, 6) is -0.789. The molecule has 7 heteroatoms. The normalized spacial score (nSPS) is 16.6. The van der Waals surface area contributed by atoms with Crippen LogP contribution in [0, 0.1) is 0 Å². The van der Waals surface area contributed by atoms with Crippen LogP contribution in [-0.2, 0) is 6.18 Å². The standard InChI is InChI=1S/C13H15F3N2O.ClH/c14-13(15,16)11-6-9(5-10(7-11)12(17)19)8-1-3-18-4-2-8;/h5-8,18H,1-4H2,(H2,17,19);1H. The third-order valence-electron chi connectivity index (χ3n) is 3.38. The van der Waals surface area contributed by atoms with Crippen LogP contribution < -0.4 is 11.1 Å². The number of halogens is 4. The van der Waals surface area contributed by atoms with Gasteiger partial charge in [-0.3, -0.25) is 4.79 Å². The van der Waals surface area contributed by atoms with Crippen molar-refractivity contribution in [3.05, 3.63) is 34.9 Å². The van der Waals surface area contributed by atoms with Crippen LogP contribution in [-0.4, -0.2) is 19.0 Å². The summed E-state index contributed by atoms with van der Waals surface area (Å²) in [6.07, 6.45) is -2.94. The molecule has 1 heterocycles. The van der Waals surface area contributed by atoms with E-state index in [1.165, 1.54) is 6.07 Å². The number of hydrogen-bond donors (Lipinski definition) is 2. The predicted octanol–water partition coefficient (Wildman–Crippen LogP) is 2.69. The molecule has 1 aromatic carbocycles. The van der Waals surface area contributed by atoms with Crippen LogP contribution in [0.4, 0.5) is 13.2 Å². The number of nitrogens with two attached hydrogens (primary N) is 1. The van der Waals surface area contributed by atoms with Crippen molar-refractivity contribution in [2.45, 2.75) is 24.9 Å². The van der Waals surface area contributed by atoms with Crippen molar-refractivity contribution in [1.82, 2.24) is 5.32 Å². The summed E-state index contributed by atoms with van der Waals surface area (Å²) in [6, 6.07) is 3.42. The Morgan fingerprint density at radius 1 is 1.20 bits per heavy atom. The minimum Gasteiger partial charge on any atom is -0.366 e. The number of carbonyl (C=O) groups excluding carboxylic acids is 1. The van der Waals surface area contributed by atoms with Gasteiger partial charge in [0.1, 0.15) is 0 Å². The maximum atomic E-state index is 12.8. The van der Waals surface area contributed by atoms with Crippen LogP contribution in [0.1, 0.15) is 40.2 Å². The average molecular weight is 309 g/mol. The van der Waals surface area contributed by atoms with E-state index in [4.69, 9.17) is 5.73 Å². The molecule has 0 atom stereocenters. The molecule has 0 spiro atoms. The zero-order chi connectivity index (χ0) is 14.0. The topological polar surface area (TPSA) is 55.1 Å². The molecule has 1 aliphatic rings. The first-order valence-corrected chi connectivity index (χ1v) is 6.10. The Kier molecular flexibility index (Phi) is 5.42. The third-order valence-corrected chi connectivity index (χ3v) is 3.38. The lowest BCUT2D eigenvalue weighted by Crippen LogP contribution is -2.27. The SMILES string of the molecule is Cl.NC(=O)c1cc(C2CCNCC2)cc(C(F)(F)F)c1. The lowest BCUT2D eigenvalue weighted by molar-refractivity contribution is -0.137. The molecule has 0 saturated carbocycles. The molecule has 2 rings (SSSR count). The Balaban J connectivity index is 0.00000200. The van der Waals surface area contributed by atoms with Gasteiger partial charge in [-0.2, -0.15) is 13.2 Å². The van der Waals surface area contributed by atoms with E-state index in [-0.39, 0.29) is 23.9 Å². The van der Waals surface area contributed by atoms with E-state index in [1.54, 1.807) is 0 Å². The van der Waals surface area contributed by atoms with Gasteiger partial charge in [0.2, 0.25) is 5.91 Å². The average Bonchev–Trinajstić information content (AvgIpc) is 2.38. The predicted molar refractivity (Wildman–Crippen MR) is 72.1 cm³/mol. The molecule has 20 heavy (non-hydrogen) atoms. The smallest absolute Gasteiger partial charge is 0.366 e. The second-order valence-electron chi connectivity index (χ2n) is 4.73. The number of nitrogens with one attached hydrogen (secondary N) is 1. The lowest BCUT2D eigenvalue weighted by atomic mass is 9.88. The highest BCUT2D eigenvalue weighted by molar-refractivity contribution is 5.93. The number of amides is 1. The van der Waals surface area contributed by atoms with Crippen molar-refractivity contribution in [3.63, 3.8) is 0 Å². The molecular weight excluding hydrogens is 293 g/mol. The summed E-state index contributed by atoms with van der Waals surface area (Å²) < 4.78 is 38.4. The van der Waals surface area contributed by atoms with Gasteiger partial charge in [-0.1, -0.05) is 0 Å². The van der Waals surface area contributed by atoms with Crippen LogP contribution in [0.2, 0.25) is 0 Å². The summed E-state index contributed by atoms with van der Waals surface area (Å²) in [7, 11) is 0. The molecule has 1 saturated heterocycles. The van der Waals surface area contributed by atoms with Crippen molar-refractivity contribution in [1.29, 1.82) is 0 Å². The van der Waals surface area contributed by atoms with Crippen LogP contribution in [0.5, 0.6) is 0 Å². The highest BCUT2D eigenvalue weighted by Crippen LogP contribution is 2.34. The van der Waals surface area contributed by atoms with Crippen LogP contribution in [0.3, 0.4) is 0 Å². The molecule has 1 aliphatic heterocycles. The second kappa shape index (κ2) is 6.45. The maximum Gasteiger partial charge on any atom is 0.416 e. The Morgan fingerprint density at radius 2 is 1.80 bits per heavy atom. The van der Waals surface area contributed by atoms with Crippen LogP contribution in [0.15, 0.2) is 18.2 Å². The Labute approximate surface area is 121 Å². The minimum absolute atomic E-state index is 0. The zero-order valence-corrected chi connectivity index (χ0v) is 11.5. The molecule has 0 unspecified atom stereocenters. The highest BCUT2D eigenvalue weighted by Gasteiger charge is 2.32. The Bertz CT molecular complexity index is 485. The van der Waals surface area contributed by atoms with E-state index in [1.807, 2.05) is 0 Å². The first-order valence-electron chi connectivity index (χ1n) is 6.10. The molecule has 112 valence electrons. The number of carbonyl (C=O) groups is 1. The van der Waals surface area contributed by atoms with E-state index in [0.717, 1.165) is 38.1 Å². The minimum atomic E-state index is -4.47. The fraction of sp³-hybridized carbons (Fsp3) is 0.462. The summed E-state index contributed by atoms with van der Waals surface area (Å²) >= 11 is 0. The van der Waals surface area contributed by atoms with Gasteiger partial charge in [0.15, 0.2) is 0 Å². The molecule has 0 aliphatic carbocycles.